The molecule has 1 heterocycles. The van der Waals surface area contributed by atoms with Crippen LogP contribution in [0.2, 0.25) is 10.0 Å². The number of carbonyl (C=O) groups is 2. The van der Waals surface area contributed by atoms with E-state index in [2.05, 4.69) is 5.32 Å². The molecule has 0 aromatic heterocycles. The van der Waals surface area contributed by atoms with Gasteiger partial charge in [0.1, 0.15) is 0 Å². The first-order valence-corrected chi connectivity index (χ1v) is 9.64. The van der Waals surface area contributed by atoms with Crippen molar-refractivity contribution in [3.63, 3.8) is 0 Å². The Labute approximate surface area is 175 Å². The predicted octanol–water partition coefficient (Wildman–Crippen LogP) is 5.05. The zero-order valence-corrected chi connectivity index (χ0v) is 16.6. The summed E-state index contributed by atoms with van der Waals surface area (Å²) in [6.07, 6.45) is -3.75. The van der Waals surface area contributed by atoms with E-state index in [0.29, 0.717) is 36.5 Å². The van der Waals surface area contributed by atoms with Crippen molar-refractivity contribution in [2.75, 3.05) is 13.1 Å². The lowest BCUT2D eigenvalue weighted by atomic mass is 10.0. The second kappa shape index (κ2) is 8.63. The van der Waals surface area contributed by atoms with E-state index < -0.39 is 23.2 Å². The van der Waals surface area contributed by atoms with Gasteiger partial charge in [-0.25, -0.2) is 0 Å². The van der Waals surface area contributed by atoms with Gasteiger partial charge in [0.2, 0.25) is 0 Å². The monoisotopic (exact) mass is 444 g/mol. The molecular formula is C20H17Cl2F3N2O2. The molecule has 0 saturated carbocycles. The van der Waals surface area contributed by atoms with Crippen LogP contribution in [0.25, 0.3) is 0 Å². The third-order valence-corrected chi connectivity index (χ3v) is 5.30. The number of likely N-dealkylation sites (tertiary alicyclic amines) is 1. The van der Waals surface area contributed by atoms with Crippen molar-refractivity contribution in [3.05, 3.63) is 69.2 Å². The molecule has 9 heteroatoms. The number of amides is 2. The van der Waals surface area contributed by atoms with Crippen LogP contribution in [0.3, 0.4) is 0 Å². The molecule has 154 valence electrons. The molecule has 29 heavy (non-hydrogen) atoms. The van der Waals surface area contributed by atoms with Crippen LogP contribution in [0, 0.1) is 0 Å². The molecule has 2 aromatic carbocycles. The average molecular weight is 445 g/mol. The lowest BCUT2D eigenvalue weighted by molar-refractivity contribution is -0.137. The fourth-order valence-corrected chi connectivity index (χ4v) is 3.74. The minimum Gasteiger partial charge on any atom is -0.349 e. The van der Waals surface area contributed by atoms with E-state index in [-0.39, 0.29) is 17.0 Å². The van der Waals surface area contributed by atoms with Crippen LogP contribution >= 0.6 is 23.2 Å². The first-order chi connectivity index (χ1) is 13.7. The lowest BCUT2D eigenvalue weighted by Crippen LogP contribution is -2.46. The summed E-state index contributed by atoms with van der Waals surface area (Å²) in [5.41, 5.74) is -1.05. The minimum absolute atomic E-state index is 0.251. The summed E-state index contributed by atoms with van der Waals surface area (Å²) in [5.74, 6) is -1.03. The zero-order valence-electron chi connectivity index (χ0n) is 15.1. The quantitative estimate of drug-likeness (QED) is 0.720. The summed E-state index contributed by atoms with van der Waals surface area (Å²) in [6, 6.07) is 8.95. The topological polar surface area (TPSA) is 49.4 Å². The molecule has 0 spiro atoms. The number of nitrogens with zero attached hydrogens (tertiary/aromatic N) is 1. The highest BCUT2D eigenvalue weighted by Gasteiger charge is 2.35. The highest BCUT2D eigenvalue weighted by Crippen LogP contribution is 2.32. The fraction of sp³-hybridized carbons (Fsp3) is 0.300. The van der Waals surface area contributed by atoms with E-state index in [1.165, 1.54) is 18.2 Å². The molecule has 3 rings (SSSR count). The Balaban J connectivity index is 1.62. The van der Waals surface area contributed by atoms with E-state index in [9.17, 15) is 22.8 Å². The largest absolute Gasteiger partial charge is 0.417 e. The maximum atomic E-state index is 13.1. The Kier molecular flexibility index (Phi) is 6.39. The third-order valence-electron chi connectivity index (χ3n) is 4.76. The maximum absolute atomic E-state index is 13.1. The van der Waals surface area contributed by atoms with Gasteiger partial charge in [0.05, 0.1) is 21.7 Å². The van der Waals surface area contributed by atoms with E-state index in [1.807, 2.05) is 0 Å². The van der Waals surface area contributed by atoms with Crippen LogP contribution in [0.4, 0.5) is 13.2 Å². The first kappa shape index (κ1) is 21.5. The molecule has 4 nitrogen and oxygen atoms in total. The van der Waals surface area contributed by atoms with Gasteiger partial charge < -0.3 is 10.2 Å². The zero-order chi connectivity index (χ0) is 21.2. The molecule has 0 aliphatic carbocycles. The Hall–Kier alpha value is -2.25. The second-order valence-corrected chi connectivity index (χ2v) is 7.55. The Morgan fingerprint density at radius 3 is 2.28 bits per heavy atom. The molecular weight excluding hydrogens is 428 g/mol. The molecule has 2 amide bonds. The molecule has 1 fully saturated rings. The molecule has 0 atom stereocenters. The van der Waals surface area contributed by atoms with Crippen LogP contribution in [0.5, 0.6) is 0 Å². The molecule has 1 aliphatic heterocycles. The van der Waals surface area contributed by atoms with Crippen LogP contribution < -0.4 is 5.32 Å². The van der Waals surface area contributed by atoms with Crippen molar-refractivity contribution in [1.29, 1.82) is 0 Å². The van der Waals surface area contributed by atoms with Crippen LogP contribution in [0.15, 0.2) is 42.5 Å². The smallest absolute Gasteiger partial charge is 0.349 e. The molecule has 1 aliphatic rings. The van der Waals surface area contributed by atoms with Crippen LogP contribution in [-0.4, -0.2) is 35.8 Å². The van der Waals surface area contributed by atoms with Gasteiger partial charge in [-0.2, -0.15) is 13.2 Å². The SMILES string of the molecule is O=C(NC1CCN(C(=O)c2ccc(Cl)cc2Cl)CC1)c1ccccc1C(F)(F)F. The Morgan fingerprint density at radius 1 is 1.00 bits per heavy atom. The Bertz CT molecular complexity index is 926. The van der Waals surface area contributed by atoms with Gasteiger partial charge in [0.15, 0.2) is 0 Å². The number of benzene rings is 2. The molecule has 0 radical (unpaired) electrons. The van der Waals surface area contributed by atoms with Gasteiger partial charge in [0, 0.05) is 24.2 Å². The summed E-state index contributed by atoms with van der Waals surface area (Å²) in [7, 11) is 0. The normalized spacial score (nSPS) is 15.3. The van der Waals surface area contributed by atoms with Gasteiger partial charge in [-0.3, -0.25) is 9.59 Å². The van der Waals surface area contributed by atoms with Crippen molar-refractivity contribution in [2.45, 2.75) is 25.1 Å². The van der Waals surface area contributed by atoms with Gasteiger partial charge in [0.25, 0.3) is 11.8 Å². The number of alkyl halides is 3. The van der Waals surface area contributed by atoms with Crippen molar-refractivity contribution < 1.29 is 22.8 Å². The van der Waals surface area contributed by atoms with Crippen molar-refractivity contribution in [2.24, 2.45) is 0 Å². The van der Waals surface area contributed by atoms with Gasteiger partial charge in [-0.05, 0) is 43.2 Å². The summed E-state index contributed by atoms with van der Waals surface area (Å²) >= 11 is 11.9. The van der Waals surface area contributed by atoms with Crippen LogP contribution in [0.1, 0.15) is 39.1 Å². The molecule has 0 bridgehead atoms. The van der Waals surface area contributed by atoms with E-state index in [0.717, 1.165) is 12.1 Å². The van der Waals surface area contributed by atoms with E-state index in [4.69, 9.17) is 23.2 Å². The molecule has 1 saturated heterocycles. The number of piperidine rings is 1. The van der Waals surface area contributed by atoms with Crippen molar-refractivity contribution in [3.8, 4) is 0 Å². The lowest BCUT2D eigenvalue weighted by Gasteiger charge is -2.32. The highest BCUT2D eigenvalue weighted by atomic mass is 35.5. The second-order valence-electron chi connectivity index (χ2n) is 6.71. The number of rotatable bonds is 3. The van der Waals surface area contributed by atoms with Gasteiger partial charge in [-0.15, -0.1) is 0 Å². The van der Waals surface area contributed by atoms with Gasteiger partial charge in [-0.1, -0.05) is 35.3 Å². The van der Waals surface area contributed by atoms with E-state index in [1.54, 1.807) is 17.0 Å². The first-order valence-electron chi connectivity index (χ1n) is 8.88. The number of halogens is 5. The van der Waals surface area contributed by atoms with E-state index >= 15 is 0 Å². The summed E-state index contributed by atoms with van der Waals surface area (Å²) in [4.78, 5) is 26.6. The number of carbonyl (C=O) groups excluding carboxylic acids is 2. The molecule has 2 aromatic rings. The maximum Gasteiger partial charge on any atom is 0.417 e. The highest BCUT2D eigenvalue weighted by molar-refractivity contribution is 6.36. The summed E-state index contributed by atoms with van der Waals surface area (Å²) < 4.78 is 39.3. The average Bonchev–Trinajstić information content (AvgIpc) is 2.67. The number of nitrogens with one attached hydrogen (secondary N) is 1. The number of hydrogen-bond donors (Lipinski definition) is 1. The van der Waals surface area contributed by atoms with Crippen molar-refractivity contribution in [1.82, 2.24) is 10.2 Å². The number of hydrogen-bond acceptors (Lipinski definition) is 2. The van der Waals surface area contributed by atoms with Crippen LogP contribution in [-0.2, 0) is 6.18 Å². The standard InChI is InChI=1S/C20H17Cl2F3N2O2/c21-12-5-6-15(17(22)11-12)19(29)27-9-7-13(8-10-27)26-18(28)14-3-1-2-4-16(14)20(23,24)25/h1-6,11,13H,7-10H2,(H,26,28). The Morgan fingerprint density at radius 2 is 1.66 bits per heavy atom. The third kappa shape index (κ3) is 5.03. The molecule has 0 unspecified atom stereocenters. The fourth-order valence-electron chi connectivity index (χ4n) is 3.25. The van der Waals surface area contributed by atoms with Gasteiger partial charge >= 0.3 is 6.18 Å². The van der Waals surface area contributed by atoms with Crippen molar-refractivity contribution >= 4 is 35.0 Å². The minimum atomic E-state index is -4.61. The molecule has 1 N–H and O–H groups in total. The predicted molar refractivity (Wildman–Crippen MR) is 104 cm³/mol. The summed E-state index contributed by atoms with van der Waals surface area (Å²) in [6.45, 7) is 0.702. The summed E-state index contributed by atoms with van der Waals surface area (Å²) in [5, 5.41) is 3.32.